The molecule has 3 aromatic carbocycles. The number of aromatic hydroxyl groups is 1. The molecule has 34 heavy (non-hydrogen) atoms. The number of phenolic OH excluding ortho intramolecular Hbond substituents is 1. The highest BCUT2D eigenvalue weighted by atomic mass is 35.5. The zero-order chi connectivity index (χ0) is 25.0. The number of aromatic nitrogens is 2. The Hall–Kier alpha value is -3.07. The first-order valence-electron chi connectivity index (χ1n) is 8.94. The van der Waals surface area contributed by atoms with E-state index in [9.17, 15) is 35.8 Å². The predicted octanol–water partition coefficient (Wildman–Crippen LogP) is 3.54. The van der Waals surface area contributed by atoms with Crippen molar-refractivity contribution in [1.82, 2.24) is 9.97 Å². The maximum absolute atomic E-state index is 12.9. The third kappa shape index (κ3) is 4.61. The van der Waals surface area contributed by atoms with Crippen molar-refractivity contribution in [1.29, 1.82) is 0 Å². The Labute approximate surface area is 201 Å². The average Bonchev–Trinajstić information content (AvgIpc) is 2.72. The van der Waals surface area contributed by atoms with E-state index in [0.717, 1.165) is 24.3 Å². The number of rotatable bonds is 4. The van der Waals surface area contributed by atoms with Crippen molar-refractivity contribution in [3.05, 3.63) is 58.3 Å². The third-order valence-electron chi connectivity index (χ3n) is 4.66. The molecular formula is C19H11Cl2N3O8S2. The van der Waals surface area contributed by atoms with Crippen LogP contribution in [0.3, 0.4) is 0 Å². The third-order valence-corrected chi connectivity index (χ3v) is 6.95. The highest BCUT2D eigenvalue weighted by Gasteiger charge is 2.21. The van der Waals surface area contributed by atoms with Crippen molar-refractivity contribution < 1.29 is 35.8 Å². The average molecular weight is 544 g/mol. The zero-order valence-corrected chi connectivity index (χ0v) is 19.5. The topological polar surface area (TPSA) is 184 Å². The summed E-state index contributed by atoms with van der Waals surface area (Å²) in [5, 5.41) is 12.3. The Balaban J connectivity index is 1.87. The number of anilines is 1. The second-order valence-corrected chi connectivity index (χ2v) is 10.5. The lowest BCUT2D eigenvalue weighted by Gasteiger charge is -2.13. The Kier molecular flexibility index (Phi) is 5.88. The van der Waals surface area contributed by atoms with E-state index < -0.39 is 41.7 Å². The number of halogens is 2. The van der Waals surface area contributed by atoms with Gasteiger partial charge in [0.05, 0.1) is 26.5 Å². The van der Waals surface area contributed by atoms with Gasteiger partial charge in [-0.2, -0.15) is 16.8 Å². The lowest BCUT2D eigenvalue weighted by molar-refractivity contribution is 0.102. The van der Waals surface area contributed by atoms with E-state index in [-0.39, 0.29) is 37.8 Å². The second kappa shape index (κ2) is 8.30. The number of benzene rings is 3. The second-order valence-electron chi connectivity index (χ2n) is 6.92. The molecule has 1 amide bonds. The van der Waals surface area contributed by atoms with Crippen LogP contribution < -0.4 is 5.32 Å². The van der Waals surface area contributed by atoms with Gasteiger partial charge in [0.1, 0.15) is 5.75 Å². The fraction of sp³-hybridized carbons (Fsp3) is 0. The molecule has 0 aliphatic carbocycles. The van der Waals surface area contributed by atoms with E-state index in [2.05, 4.69) is 15.3 Å². The van der Waals surface area contributed by atoms with Gasteiger partial charge in [0.2, 0.25) is 0 Å². The van der Waals surface area contributed by atoms with Crippen molar-refractivity contribution in [3.63, 3.8) is 0 Å². The van der Waals surface area contributed by atoms with Crippen LogP contribution in [0, 0.1) is 0 Å². The Bertz CT molecular complexity index is 1740. The molecule has 4 rings (SSSR count). The minimum atomic E-state index is -4.81. The van der Waals surface area contributed by atoms with E-state index in [1.807, 2.05) is 0 Å². The normalized spacial score (nSPS) is 12.2. The number of phenols is 1. The number of hydrogen-bond donors (Lipinski definition) is 4. The van der Waals surface area contributed by atoms with Crippen molar-refractivity contribution in [2.45, 2.75) is 9.79 Å². The summed E-state index contributed by atoms with van der Waals surface area (Å²) in [6, 6.07) is 7.49. The summed E-state index contributed by atoms with van der Waals surface area (Å²) < 4.78 is 65.2. The Morgan fingerprint density at radius 3 is 1.97 bits per heavy atom. The monoisotopic (exact) mass is 543 g/mol. The minimum Gasteiger partial charge on any atom is -0.507 e. The number of carbonyl (C=O) groups excluding carboxylic acids is 1. The molecule has 4 N–H and O–H groups in total. The summed E-state index contributed by atoms with van der Waals surface area (Å²) >= 11 is 11.7. The summed E-state index contributed by atoms with van der Waals surface area (Å²) in [4.78, 5) is 19.5. The maximum atomic E-state index is 12.9. The van der Waals surface area contributed by atoms with Gasteiger partial charge >= 0.3 is 0 Å². The van der Waals surface area contributed by atoms with Crippen LogP contribution in [-0.2, 0) is 20.2 Å². The molecule has 0 aliphatic heterocycles. The van der Waals surface area contributed by atoms with Crippen LogP contribution in [-0.4, -0.2) is 46.9 Å². The van der Waals surface area contributed by atoms with Crippen molar-refractivity contribution >= 4 is 76.8 Å². The molecule has 4 aromatic rings. The van der Waals surface area contributed by atoms with Gasteiger partial charge in [0.25, 0.3) is 26.1 Å². The van der Waals surface area contributed by atoms with Gasteiger partial charge in [-0.3, -0.25) is 13.9 Å². The van der Waals surface area contributed by atoms with Gasteiger partial charge < -0.3 is 10.4 Å². The number of carbonyl (C=O) groups is 1. The lowest BCUT2D eigenvalue weighted by Crippen LogP contribution is -2.13. The molecule has 1 heterocycles. The van der Waals surface area contributed by atoms with Crippen molar-refractivity contribution in [2.75, 3.05) is 5.32 Å². The maximum Gasteiger partial charge on any atom is 0.294 e. The highest BCUT2D eigenvalue weighted by molar-refractivity contribution is 7.86. The summed E-state index contributed by atoms with van der Waals surface area (Å²) in [6.45, 7) is 0. The summed E-state index contributed by atoms with van der Waals surface area (Å²) in [7, 11) is -9.57. The number of hydrogen-bond acceptors (Lipinski definition) is 8. The minimum absolute atomic E-state index is 0.0281. The summed E-state index contributed by atoms with van der Waals surface area (Å²) in [5.74, 6) is -1.46. The smallest absolute Gasteiger partial charge is 0.294 e. The van der Waals surface area contributed by atoms with Crippen LogP contribution in [0.2, 0.25) is 10.3 Å². The molecule has 11 nitrogen and oxygen atoms in total. The first-order valence-corrected chi connectivity index (χ1v) is 12.6. The first kappa shape index (κ1) is 24.1. The molecule has 0 unspecified atom stereocenters. The first-order chi connectivity index (χ1) is 15.7. The fourth-order valence-electron chi connectivity index (χ4n) is 3.18. The number of nitrogens with zero attached hydrogens (tertiary/aromatic N) is 2. The largest absolute Gasteiger partial charge is 0.507 e. The van der Waals surface area contributed by atoms with Crippen LogP contribution in [0.4, 0.5) is 5.69 Å². The van der Waals surface area contributed by atoms with Gasteiger partial charge in [0.15, 0.2) is 10.3 Å². The van der Waals surface area contributed by atoms with Crippen LogP contribution >= 0.6 is 23.2 Å². The van der Waals surface area contributed by atoms with Gasteiger partial charge in [-0.25, -0.2) is 9.97 Å². The van der Waals surface area contributed by atoms with E-state index in [1.54, 1.807) is 0 Å². The van der Waals surface area contributed by atoms with Crippen LogP contribution in [0.5, 0.6) is 5.75 Å². The van der Waals surface area contributed by atoms with Gasteiger partial charge in [0, 0.05) is 17.0 Å². The summed E-state index contributed by atoms with van der Waals surface area (Å²) in [6.07, 6.45) is 0. The highest BCUT2D eigenvalue weighted by Crippen LogP contribution is 2.37. The fourth-order valence-corrected chi connectivity index (χ4v) is 4.53. The molecular weight excluding hydrogens is 533 g/mol. The van der Waals surface area contributed by atoms with E-state index in [0.29, 0.717) is 5.52 Å². The molecule has 176 valence electrons. The van der Waals surface area contributed by atoms with Gasteiger partial charge in [-0.15, -0.1) is 0 Å². The summed E-state index contributed by atoms with van der Waals surface area (Å²) in [5.41, 5.74) is 0.355. The molecule has 0 atom stereocenters. The number of fused-ring (bicyclic) bond motifs is 2. The molecule has 0 spiro atoms. The SMILES string of the molecule is O=C(Nc1cc(S(=O)(=O)O)cc2cc(S(=O)(=O)O)cc(O)c12)c1ccc2nc(Cl)c(Cl)nc2c1. The Morgan fingerprint density at radius 2 is 1.38 bits per heavy atom. The van der Waals surface area contributed by atoms with E-state index in [1.165, 1.54) is 18.2 Å². The van der Waals surface area contributed by atoms with Crippen LogP contribution in [0.1, 0.15) is 10.4 Å². The molecule has 0 saturated carbocycles. The molecule has 0 saturated heterocycles. The van der Waals surface area contributed by atoms with Gasteiger partial charge in [-0.05, 0) is 41.8 Å². The standard InChI is InChI=1S/C19H11Cl2N3O8S2/c20-17-18(21)23-13-5-8(1-2-12(13)22-17)19(26)24-14-6-10(33(27,28)29)3-9-4-11(34(30,31)32)7-15(25)16(9)14/h1-7,25H,(H,24,26)(H,27,28,29)(H,30,31,32). The number of amides is 1. The van der Waals surface area contributed by atoms with Crippen LogP contribution in [0.25, 0.3) is 21.8 Å². The molecule has 0 fully saturated rings. The van der Waals surface area contributed by atoms with E-state index in [4.69, 9.17) is 23.2 Å². The molecule has 0 aliphatic rings. The zero-order valence-electron chi connectivity index (χ0n) is 16.4. The Morgan fingerprint density at radius 1 is 0.824 bits per heavy atom. The number of nitrogens with one attached hydrogen (secondary N) is 1. The molecule has 15 heteroatoms. The van der Waals surface area contributed by atoms with Crippen molar-refractivity contribution in [3.8, 4) is 5.75 Å². The van der Waals surface area contributed by atoms with Crippen LogP contribution in [0.15, 0.2) is 52.3 Å². The lowest BCUT2D eigenvalue weighted by atomic mass is 10.1. The quantitative estimate of drug-likeness (QED) is 0.277. The molecule has 0 radical (unpaired) electrons. The van der Waals surface area contributed by atoms with Gasteiger partial charge in [-0.1, -0.05) is 23.2 Å². The molecule has 1 aromatic heterocycles. The molecule has 0 bridgehead atoms. The van der Waals surface area contributed by atoms with Crippen molar-refractivity contribution in [2.24, 2.45) is 0 Å². The van der Waals surface area contributed by atoms with E-state index >= 15 is 0 Å². The predicted molar refractivity (Wildman–Crippen MR) is 123 cm³/mol.